The van der Waals surface area contributed by atoms with Crippen molar-refractivity contribution in [2.75, 3.05) is 0 Å². The van der Waals surface area contributed by atoms with Crippen LogP contribution in [0.1, 0.15) is 17.2 Å². The van der Waals surface area contributed by atoms with E-state index in [1.165, 1.54) is 0 Å². The van der Waals surface area contributed by atoms with Crippen LogP contribution in [0.15, 0.2) is 59.1 Å². The molecule has 1 N–H and O–H groups in total. The van der Waals surface area contributed by atoms with Crippen molar-refractivity contribution in [3.8, 4) is 0 Å². The summed E-state index contributed by atoms with van der Waals surface area (Å²) in [6, 6.07) is 16.9. The number of aliphatic hydroxyl groups excluding tert-OH is 1. The number of rotatable bonds is 2. The van der Waals surface area contributed by atoms with Crippen LogP contribution in [0.4, 0.5) is 0 Å². The molecule has 0 spiro atoms. The third kappa shape index (κ3) is 2.82. The molecule has 0 saturated heterocycles. The van der Waals surface area contributed by atoms with Gasteiger partial charge in [-0.05, 0) is 34.5 Å². The minimum absolute atomic E-state index is 0.460. The first-order valence-corrected chi connectivity index (χ1v) is 7.93. The highest BCUT2D eigenvalue weighted by Crippen LogP contribution is 2.35. The van der Waals surface area contributed by atoms with Crippen LogP contribution in [0.5, 0.6) is 0 Å². The topological polar surface area (TPSA) is 20.2 Å². The van der Waals surface area contributed by atoms with Gasteiger partial charge in [-0.3, -0.25) is 0 Å². The van der Waals surface area contributed by atoms with E-state index in [0.717, 1.165) is 20.8 Å². The second-order valence-corrected chi connectivity index (χ2v) is 6.45. The Morgan fingerprint density at radius 3 is 2.24 bits per heavy atom. The number of hydrogen-bond donors (Lipinski definition) is 1. The van der Waals surface area contributed by atoms with Crippen LogP contribution in [-0.4, -0.2) is 5.11 Å². The Bertz CT molecular complexity index is 817. The van der Waals surface area contributed by atoms with Crippen molar-refractivity contribution in [2.24, 2.45) is 0 Å². The predicted molar refractivity (Wildman–Crippen MR) is 92.2 cm³/mol. The molecule has 0 aliphatic carbocycles. The molecule has 0 amide bonds. The van der Waals surface area contributed by atoms with Crippen LogP contribution in [-0.2, 0) is 0 Å². The molecule has 1 nitrogen and oxygen atoms in total. The molecule has 0 bridgehead atoms. The molecule has 1 unspecified atom stereocenters. The zero-order valence-corrected chi connectivity index (χ0v) is 14.0. The lowest BCUT2D eigenvalue weighted by molar-refractivity contribution is 0.222. The normalized spacial score (nSPS) is 12.6. The van der Waals surface area contributed by atoms with Gasteiger partial charge in [-0.2, -0.15) is 0 Å². The summed E-state index contributed by atoms with van der Waals surface area (Å²) in [5, 5.41) is 13.8. The zero-order chi connectivity index (χ0) is 15.0. The van der Waals surface area contributed by atoms with Crippen molar-refractivity contribution in [2.45, 2.75) is 6.10 Å². The molecule has 21 heavy (non-hydrogen) atoms. The Labute approximate surface area is 141 Å². The summed E-state index contributed by atoms with van der Waals surface area (Å²) >= 11 is 15.6. The molecule has 0 aliphatic heterocycles. The van der Waals surface area contributed by atoms with Gasteiger partial charge in [-0.25, -0.2) is 0 Å². The molecule has 0 aromatic heterocycles. The Balaban J connectivity index is 2.18. The SMILES string of the molecule is OC(c1ccc(Cl)cc1Cl)c1ccc(Br)c2ccccc12. The minimum atomic E-state index is -0.798. The molecular weight excluding hydrogens is 371 g/mol. The lowest BCUT2D eigenvalue weighted by Gasteiger charge is -2.16. The molecule has 1 atom stereocenters. The number of aliphatic hydroxyl groups is 1. The van der Waals surface area contributed by atoms with Gasteiger partial charge in [-0.15, -0.1) is 0 Å². The van der Waals surface area contributed by atoms with Crippen molar-refractivity contribution >= 4 is 49.9 Å². The van der Waals surface area contributed by atoms with Crippen LogP contribution in [0.25, 0.3) is 10.8 Å². The molecule has 0 aliphatic rings. The van der Waals surface area contributed by atoms with Crippen molar-refractivity contribution in [1.29, 1.82) is 0 Å². The van der Waals surface area contributed by atoms with Crippen LogP contribution >= 0.6 is 39.1 Å². The summed E-state index contributed by atoms with van der Waals surface area (Å²) in [7, 11) is 0. The highest BCUT2D eigenvalue weighted by molar-refractivity contribution is 9.10. The molecule has 3 aromatic carbocycles. The van der Waals surface area contributed by atoms with Crippen LogP contribution in [0.3, 0.4) is 0 Å². The second-order valence-electron chi connectivity index (χ2n) is 4.75. The Kier molecular flexibility index (Phi) is 4.23. The van der Waals surface area contributed by atoms with E-state index in [9.17, 15) is 5.11 Å². The largest absolute Gasteiger partial charge is 0.384 e. The number of fused-ring (bicyclic) bond motifs is 1. The fourth-order valence-electron chi connectivity index (χ4n) is 2.41. The molecule has 4 heteroatoms. The molecule has 0 heterocycles. The van der Waals surface area contributed by atoms with Crippen LogP contribution < -0.4 is 0 Å². The lowest BCUT2D eigenvalue weighted by atomic mass is 9.96. The van der Waals surface area contributed by atoms with Gasteiger partial charge in [0.1, 0.15) is 6.10 Å². The number of halogens is 3. The molecule has 3 aromatic rings. The van der Waals surface area contributed by atoms with Crippen LogP contribution in [0.2, 0.25) is 10.0 Å². The standard InChI is InChI=1S/C17H11BrCl2O/c18-15-8-7-13(11-3-1-2-4-12(11)15)17(21)14-6-5-10(19)9-16(14)20/h1-9,17,21H. The molecule has 0 saturated carbocycles. The first-order valence-electron chi connectivity index (χ1n) is 6.38. The van der Waals surface area contributed by atoms with E-state index in [4.69, 9.17) is 23.2 Å². The predicted octanol–water partition coefficient (Wildman–Crippen LogP) is 5.99. The van der Waals surface area contributed by atoms with E-state index in [1.807, 2.05) is 36.4 Å². The summed E-state index contributed by atoms with van der Waals surface area (Å²) < 4.78 is 0.997. The molecular formula is C17H11BrCl2O. The fraction of sp³-hybridized carbons (Fsp3) is 0.0588. The summed E-state index contributed by atoms with van der Waals surface area (Å²) in [4.78, 5) is 0. The Morgan fingerprint density at radius 2 is 1.52 bits per heavy atom. The summed E-state index contributed by atoms with van der Waals surface area (Å²) in [6.07, 6.45) is -0.798. The van der Waals surface area contributed by atoms with Gasteiger partial charge in [0.15, 0.2) is 0 Å². The first kappa shape index (κ1) is 14.9. The highest BCUT2D eigenvalue weighted by Gasteiger charge is 2.17. The summed E-state index contributed by atoms with van der Waals surface area (Å²) in [5.41, 5.74) is 1.46. The first-order chi connectivity index (χ1) is 10.1. The molecule has 0 fully saturated rings. The summed E-state index contributed by atoms with van der Waals surface area (Å²) in [5.74, 6) is 0. The van der Waals surface area contributed by atoms with Crippen molar-refractivity contribution < 1.29 is 5.11 Å². The van der Waals surface area contributed by atoms with Crippen LogP contribution in [0, 0.1) is 0 Å². The monoisotopic (exact) mass is 380 g/mol. The van der Waals surface area contributed by atoms with E-state index in [2.05, 4.69) is 15.9 Å². The molecule has 106 valence electrons. The fourth-order valence-corrected chi connectivity index (χ4v) is 3.40. The van der Waals surface area contributed by atoms with Gasteiger partial charge in [0.2, 0.25) is 0 Å². The summed E-state index contributed by atoms with van der Waals surface area (Å²) in [6.45, 7) is 0. The van der Waals surface area contributed by atoms with E-state index in [0.29, 0.717) is 15.6 Å². The van der Waals surface area contributed by atoms with E-state index >= 15 is 0 Å². The quantitative estimate of drug-likeness (QED) is 0.577. The van der Waals surface area contributed by atoms with Crippen molar-refractivity contribution in [3.05, 3.63) is 80.2 Å². The van der Waals surface area contributed by atoms with E-state index in [1.54, 1.807) is 18.2 Å². The number of hydrogen-bond acceptors (Lipinski definition) is 1. The lowest BCUT2D eigenvalue weighted by Crippen LogP contribution is -2.01. The van der Waals surface area contributed by atoms with Gasteiger partial charge in [0.25, 0.3) is 0 Å². The van der Waals surface area contributed by atoms with Gasteiger partial charge < -0.3 is 5.11 Å². The third-order valence-electron chi connectivity index (χ3n) is 3.46. The van der Waals surface area contributed by atoms with E-state index in [-0.39, 0.29) is 0 Å². The molecule has 0 radical (unpaired) electrons. The van der Waals surface area contributed by atoms with Gasteiger partial charge in [-0.1, -0.05) is 75.5 Å². The zero-order valence-electron chi connectivity index (χ0n) is 10.9. The van der Waals surface area contributed by atoms with Crippen molar-refractivity contribution in [1.82, 2.24) is 0 Å². The average Bonchev–Trinajstić information content (AvgIpc) is 2.47. The smallest absolute Gasteiger partial charge is 0.106 e. The average molecular weight is 382 g/mol. The van der Waals surface area contributed by atoms with Gasteiger partial charge in [0.05, 0.1) is 0 Å². The maximum Gasteiger partial charge on any atom is 0.106 e. The Hall–Kier alpha value is -1.06. The van der Waals surface area contributed by atoms with Gasteiger partial charge in [0, 0.05) is 20.1 Å². The second kappa shape index (κ2) is 5.98. The number of benzene rings is 3. The van der Waals surface area contributed by atoms with Gasteiger partial charge >= 0.3 is 0 Å². The maximum absolute atomic E-state index is 10.7. The minimum Gasteiger partial charge on any atom is -0.384 e. The van der Waals surface area contributed by atoms with E-state index < -0.39 is 6.10 Å². The molecule has 3 rings (SSSR count). The maximum atomic E-state index is 10.7. The Morgan fingerprint density at radius 1 is 0.857 bits per heavy atom. The third-order valence-corrected chi connectivity index (χ3v) is 4.71. The highest BCUT2D eigenvalue weighted by atomic mass is 79.9. The van der Waals surface area contributed by atoms with Crippen molar-refractivity contribution in [3.63, 3.8) is 0 Å².